The van der Waals surface area contributed by atoms with Gasteiger partial charge in [0.2, 0.25) is 0 Å². The fourth-order valence-corrected chi connectivity index (χ4v) is 2.67. The van der Waals surface area contributed by atoms with Gasteiger partial charge in [0.15, 0.2) is 0 Å². The van der Waals surface area contributed by atoms with Gasteiger partial charge in [-0.25, -0.2) is 4.98 Å². The Morgan fingerprint density at radius 1 is 1.05 bits per heavy atom. The largest absolute Gasteiger partial charge is 0.331 e. The molecule has 1 heterocycles. The highest BCUT2D eigenvalue weighted by molar-refractivity contribution is 5.75. The van der Waals surface area contributed by atoms with Crippen LogP contribution in [0.25, 0.3) is 11.0 Å². The maximum atomic E-state index is 4.79. The molecule has 2 rings (SSSR count). The Balaban J connectivity index is 1.97. The Morgan fingerprint density at radius 3 is 2.43 bits per heavy atom. The van der Waals surface area contributed by atoms with Crippen LogP contribution in [0.4, 0.5) is 0 Å². The second-order valence-corrected chi connectivity index (χ2v) is 6.79. The molecule has 0 amide bonds. The second-order valence-electron chi connectivity index (χ2n) is 6.79. The van der Waals surface area contributed by atoms with Gasteiger partial charge in [-0.15, -0.1) is 0 Å². The predicted octanol–water partition coefficient (Wildman–Crippen LogP) is 3.63. The van der Waals surface area contributed by atoms with Crippen molar-refractivity contribution < 1.29 is 0 Å². The molecule has 1 aromatic heterocycles. The first kappa shape index (κ1) is 16.0. The third-order valence-corrected chi connectivity index (χ3v) is 4.37. The lowest BCUT2D eigenvalue weighted by Crippen LogP contribution is -2.29. The summed E-state index contributed by atoms with van der Waals surface area (Å²) < 4.78 is 2.24. The third-order valence-electron chi connectivity index (χ3n) is 4.37. The fraction of sp³-hybridized carbons (Fsp3) is 0.611. The number of aromatic nitrogens is 2. The van der Waals surface area contributed by atoms with Crippen molar-refractivity contribution in [2.24, 2.45) is 24.8 Å². The summed E-state index contributed by atoms with van der Waals surface area (Å²) in [5.41, 5.74) is 2.33. The van der Waals surface area contributed by atoms with E-state index in [1.165, 1.54) is 11.3 Å². The van der Waals surface area contributed by atoms with Crippen LogP contribution in [-0.2, 0) is 13.5 Å². The number of imidazole rings is 1. The molecule has 3 nitrogen and oxygen atoms in total. The van der Waals surface area contributed by atoms with E-state index >= 15 is 0 Å². The van der Waals surface area contributed by atoms with Gasteiger partial charge in [-0.3, -0.25) is 0 Å². The highest BCUT2D eigenvalue weighted by atomic mass is 15.1. The van der Waals surface area contributed by atoms with Crippen molar-refractivity contribution in [2.75, 3.05) is 13.1 Å². The molecular formula is C18H29N3. The molecule has 0 fully saturated rings. The Labute approximate surface area is 128 Å². The minimum atomic E-state index is 0.625. The minimum Gasteiger partial charge on any atom is -0.331 e. The van der Waals surface area contributed by atoms with Crippen molar-refractivity contribution >= 4 is 11.0 Å². The molecule has 1 N–H and O–H groups in total. The van der Waals surface area contributed by atoms with Crippen molar-refractivity contribution in [1.29, 1.82) is 0 Å². The van der Waals surface area contributed by atoms with Gasteiger partial charge in [0, 0.05) is 13.5 Å². The number of nitrogens with one attached hydrogen (secondary N) is 1. The summed E-state index contributed by atoms with van der Waals surface area (Å²) in [5, 5.41) is 3.57. The number of fused-ring (bicyclic) bond motifs is 1. The number of hydrogen-bond acceptors (Lipinski definition) is 2. The number of aryl methyl sites for hydroxylation is 1. The number of benzene rings is 1. The molecule has 1 aromatic carbocycles. The van der Waals surface area contributed by atoms with Gasteiger partial charge in [0.1, 0.15) is 5.82 Å². The molecule has 0 radical (unpaired) electrons. The topological polar surface area (TPSA) is 29.9 Å². The summed E-state index contributed by atoms with van der Waals surface area (Å²) in [6, 6.07) is 8.37. The van der Waals surface area contributed by atoms with Gasteiger partial charge in [-0.1, -0.05) is 39.8 Å². The van der Waals surface area contributed by atoms with Crippen molar-refractivity contribution in [3.05, 3.63) is 30.1 Å². The van der Waals surface area contributed by atoms with Gasteiger partial charge >= 0.3 is 0 Å². The molecule has 0 aliphatic heterocycles. The number of rotatable bonds is 7. The maximum Gasteiger partial charge on any atom is 0.109 e. The minimum absolute atomic E-state index is 0.625. The van der Waals surface area contributed by atoms with Crippen LogP contribution >= 0.6 is 0 Å². The lowest BCUT2D eigenvalue weighted by Gasteiger charge is -2.21. The zero-order valence-corrected chi connectivity index (χ0v) is 14.1. The molecule has 0 bridgehead atoms. The first-order valence-electron chi connectivity index (χ1n) is 8.10. The van der Waals surface area contributed by atoms with Gasteiger partial charge < -0.3 is 9.88 Å². The zero-order chi connectivity index (χ0) is 15.4. The van der Waals surface area contributed by atoms with Crippen molar-refractivity contribution in [2.45, 2.75) is 34.1 Å². The van der Waals surface area contributed by atoms with E-state index in [0.717, 1.165) is 25.0 Å². The van der Waals surface area contributed by atoms with E-state index in [1.807, 2.05) is 0 Å². The third kappa shape index (κ3) is 4.07. The molecule has 21 heavy (non-hydrogen) atoms. The van der Waals surface area contributed by atoms with E-state index in [4.69, 9.17) is 4.98 Å². The summed E-state index contributed by atoms with van der Waals surface area (Å²) in [5.74, 6) is 3.19. The summed E-state index contributed by atoms with van der Waals surface area (Å²) >= 11 is 0. The zero-order valence-electron chi connectivity index (χ0n) is 14.1. The molecule has 116 valence electrons. The van der Waals surface area contributed by atoms with E-state index in [0.29, 0.717) is 17.8 Å². The van der Waals surface area contributed by atoms with Gasteiger partial charge in [-0.2, -0.15) is 0 Å². The normalized spacial score (nSPS) is 14.8. The molecular weight excluding hydrogens is 258 g/mol. The number of hydrogen-bond donors (Lipinski definition) is 1. The molecule has 0 saturated carbocycles. The molecule has 0 spiro atoms. The molecule has 2 atom stereocenters. The standard InChI is InChI=1S/C18H29N3/c1-13(2)11-19-12-15(4)14(3)10-18-20-16-8-6-7-9-17(16)21(18)5/h6-9,13-15,19H,10-12H2,1-5H3. The Kier molecular flexibility index (Phi) is 5.40. The molecule has 0 aliphatic carbocycles. The van der Waals surface area contributed by atoms with Crippen LogP contribution in [0.1, 0.15) is 33.5 Å². The van der Waals surface area contributed by atoms with Crippen LogP contribution in [0.15, 0.2) is 24.3 Å². The molecule has 0 saturated heterocycles. The summed E-state index contributed by atoms with van der Waals surface area (Å²) in [6.07, 6.45) is 1.04. The van der Waals surface area contributed by atoms with Crippen molar-refractivity contribution in [3.63, 3.8) is 0 Å². The summed E-state index contributed by atoms with van der Waals surface area (Å²) in [6.45, 7) is 11.4. The lowest BCUT2D eigenvalue weighted by molar-refractivity contribution is 0.351. The van der Waals surface area contributed by atoms with Crippen LogP contribution in [0.2, 0.25) is 0 Å². The van der Waals surface area contributed by atoms with Gasteiger partial charge in [0.05, 0.1) is 11.0 Å². The SMILES string of the molecule is CC(C)CNCC(C)C(C)Cc1nc2ccccc2n1C. The fourth-order valence-electron chi connectivity index (χ4n) is 2.67. The summed E-state index contributed by atoms with van der Waals surface area (Å²) in [7, 11) is 2.12. The van der Waals surface area contributed by atoms with Crippen molar-refractivity contribution in [1.82, 2.24) is 14.9 Å². The Hall–Kier alpha value is -1.35. The Morgan fingerprint density at radius 2 is 1.76 bits per heavy atom. The van der Waals surface area contributed by atoms with Crippen LogP contribution in [0.3, 0.4) is 0 Å². The average molecular weight is 287 g/mol. The summed E-state index contributed by atoms with van der Waals surface area (Å²) in [4.78, 5) is 4.79. The van der Waals surface area contributed by atoms with E-state index < -0.39 is 0 Å². The number of para-hydroxylation sites is 2. The average Bonchev–Trinajstić information content (AvgIpc) is 2.75. The van der Waals surface area contributed by atoms with E-state index in [9.17, 15) is 0 Å². The predicted molar refractivity (Wildman–Crippen MR) is 90.5 cm³/mol. The quantitative estimate of drug-likeness (QED) is 0.842. The maximum absolute atomic E-state index is 4.79. The Bertz CT molecular complexity index is 571. The van der Waals surface area contributed by atoms with Crippen LogP contribution in [0.5, 0.6) is 0 Å². The smallest absolute Gasteiger partial charge is 0.109 e. The van der Waals surface area contributed by atoms with Crippen molar-refractivity contribution in [3.8, 4) is 0 Å². The second kappa shape index (κ2) is 7.08. The van der Waals surface area contributed by atoms with Crippen LogP contribution in [0, 0.1) is 17.8 Å². The highest BCUT2D eigenvalue weighted by Crippen LogP contribution is 2.20. The number of nitrogens with zero attached hydrogens (tertiary/aromatic N) is 2. The molecule has 2 unspecified atom stereocenters. The first-order valence-corrected chi connectivity index (χ1v) is 8.10. The van der Waals surface area contributed by atoms with Crippen LogP contribution in [-0.4, -0.2) is 22.6 Å². The monoisotopic (exact) mass is 287 g/mol. The van der Waals surface area contributed by atoms with E-state index in [-0.39, 0.29) is 0 Å². The molecule has 3 heteroatoms. The molecule has 0 aliphatic rings. The molecule has 2 aromatic rings. The highest BCUT2D eigenvalue weighted by Gasteiger charge is 2.16. The first-order chi connectivity index (χ1) is 9.99. The van der Waals surface area contributed by atoms with Gasteiger partial charge in [0.25, 0.3) is 0 Å². The van der Waals surface area contributed by atoms with Crippen LogP contribution < -0.4 is 5.32 Å². The van der Waals surface area contributed by atoms with E-state index in [1.54, 1.807) is 0 Å². The van der Waals surface area contributed by atoms with E-state index in [2.05, 4.69) is 68.9 Å². The van der Waals surface area contributed by atoms with Gasteiger partial charge in [-0.05, 0) is 43.0 Å². The lowest BCUT2D eigenvalue weighted by atomic mass is 9.92.